The van der Waals surface area contributed by atoms with Crippen LogP contribution in [0.25, 0.3) is 0 Å². The second kappa shape index (κ2) is 5.99. The molecular weight excluding hydrogens is 346 g/mol. The first-order chi connectivity index (χ1) is 8.97. The van der Waals surface area contributed by atoms with E-state index < -0.39 is 0 Å². The third-order valence-electron chi connectivity index (χ3n) is 2.65. The fraction of sp³-hybridized carbons (Fsp3) is 0.0714. The van der Waals surface area contributed by atoms with Crippen LogP contribution in [0.4, 0.5) is 5.69 Å². The number of rotatable bonds is 2. The molecule has 0 atom stereocenters. The lowest BCUT2D eigenvalue weighted by Crippen LogP contribution is -2.13. The number of thiol groups is 1. The Morgan fingerprint density at radius 1 is 1.26 bits per heavy atom. The minimum atomic E-state index is -0.197. The van der Waals surface area contributed by atoms with E-state index in [1.807, 2.05) is 25.1 Å². The molecule has 0 spiro atoms. The van der Waals surface area contributed by atoms with Crippen molar-refractivity contribution in [2.75, 3.05) is 5.32 Å². The van der Waals surface area contributed by atoms with Crippen molar-refractivity contribution in [3.8, 4) is 0 Å². The van der Waals surface area contributed by atoms with Crippen LogP contribution in [0.3, 0.4) is 0 Å². The molecule has 0 radical (unpaired) electrons. The first-order valence-electron chi connectivity index (χ1n) is 5.53. The van der Waals surface area contributed by atoms with Crippen molar-refractivity contribution < 1.29 is 4.79 Å². The molecule has 0 bridgehead atoms. The Balaban J connectivity index is 2.28. The van der Waals surface area contributed by atoms with Gasteiger partial charge in [0.05, 0.1) is 10.7 Å². The van der Waals surface area contributed by atoms with E-state index in [9.17, 15) is 4.79 Å². The minimum absolute atomic E-state index is 0.197. The van der Waals surface area contributed by atoms with E-state index in [4.69, 9.17) is 11.6 Å². The molecule has 0 aliphatic rings. The number of benzene rings is 2. The van der Waals surface area contributed by atoms with Crippen molar-refractivity contribution in [2.45, 2.75) is 11.8 Å². The third-order valence-corrected chi connectivity index (χ3v) is 3.73. The third kappa shape index (κ3) is 3.53. The molecule has 0 aliphatic heterocycles. The highest BCUT2D eigenvalue weighted by Crippen LogP contribution is 2.26. The van der Waals surface area contributed by atoms with Crippen molar-refractivity contribution in [1.29, 1.82) is 0 Å². The summed E-state index contributed by atoms with van der Waals surface area (Å²) in [6, 6.07) is 10.8. The predicted molar refractivity (Wildman–Crippen MR) is 85.5 cm³/mol. The molecule has 0 saturated carbocycles. The average Bonchev–Trinajstić information content (AvgIpc) is 2.35. The number of carbonyl (C=O) groups is 1. The summed E-state index contributed by atoms with van der Waals surface area (Å²) in [5, 5.41) is 3.28. The fourth-order valence-electron chi connectivity index (χ4n) is 1.64. The molecule has 98 valence electrons. The van der Waals surface area contributed by atoms with Gasteiger partial charge in [-0.2, -0.15) is 0 Å². The molecule has 0 fully saturated rings. The Morgan fingerprint density at radius 2 is 2.00 bits per heavy atom. The van der Waals surface area contributed by atoms with Crippen molar-refractivity contribution in [3.63, 3.8) is 0 Å². The maximum atomic E-state index is 12.2. The van der Waals surface area contributed by atoms with Gasteiger partial charge in [0.25, 0.3) is 5.91 Å². The van der Waals surface area contributed by atoms with Gasteiger partial charge < -0.3 is 5.32 Å². The highest BCUT2D eigenvalue weighted by molar-refractivity contribution is 9.10. The minimum Gasteiger partial charge on any atom is -0.321 e. The summed E-state index contributed by atoms with van der Waals surface area (Å²) >= 11 is 13.6. The summed E-state index contributed by atoms with van der Waals surface area (Å²) in [4.78, 5) is 13.0. The van der Waals surface area contributed by atoms with Crippen LogP contribution in [-0.2, 0) is 0 Å². The van der Waals surface area contributed by atoms with Crippen molar-refractivity contribution in [3.05, 3.63) is 57.0 Å². The summed E-state index contributed by atoms with van der Waals surface area (Å²) in [7, 11) is 0. The van der Waals surface area contributed by atoms with Crippen molar-refractivity contribution in [2.24, 2.45) is 0 Å². The standard InChI is InChI=1S/C14H11BrClNOS/c1-8-2-4-10(19)7-11(8)14(18)17-13-5-3-9(15)6-12(13)16/h2-7,19H,1H3,(H,17,18). The molecule has 19 heavy (non-hydrogen) atoms. The molecule has 0 heterocycles. The van der Waals surface area contributed by atoms with E-state index in [1.165, 1.54) is 0 Å². The molecule has 2 aromatic rings. The van der Waals surface area contributed by atoms with Gasteiger partial charge in [0.15, 0.2) is 0 Å². The SMILES string of the molecule is Cc1ccc(S)cc1C(=O)Nc1ccc(Br)cc1Cl. The lowest BCUT2D eigenvalue weighted by molar-refractivity contribution is 0.102. The van der Waals surface area contributed by atoms with E-state index in [1.54, 1.807) is 18.2 Å². The molecule has 0 aromatic heterocycles. The quantitative estimate of drug-likeness (QED) is 0.732. The Kier molecular flexibility index (Phi) is 4.55. The molecule has 2 nitrogen and oxygen atoms in total. The summed E-state index contributed by atoms with van der Waals surface area (Å²) < 4.78 is 0.865. The number of aryl methyl sites for hydroxylation is 1. The zero-order valence-electron chi connectivity index (χ0n) is 10.1. The molecule has 0 aliphatic carbocycles. The summed E-state index contributed by atoms with van der Waals surface area (Å²) in [6.45, 7) is 1.88. The van der Waals surface area contributed by atoms with E-state index >= 15 is 0 Å². The molecule has 2 aromatic carbocycles. The van der Waals surface area contributed by atoms with E-state index in [-0.39, 0.29) is 5.91 Å². The Morgan fingerprint density at radius 3 is 2.68 bits per heavy atom. The average molecular weight is 357 g/mol. The first-order valence-corrected chi connectivity index (χ1v) is 7.15. The zero-order valence-corrected chi connectivity index (χ0v) is 13.3. The highest BCUT2D eigenvalue weighted by Gasteiger charge is 2.11. The van der Waals surface area contributed by atoms with Crippen LogP contribution in [0.1, 0.15) is 15.9 Å². The molecule has 0 saturated heterocycles. The van der Waals surface area contributed by atoms with Crippen molar-refractivity contribution in [1.82, 2.24) is 0 Å². The van der Waals surface area contributed by atoms with Crippen LogP contribution >= 0.6 is 40.2 Å². The number of hydrogen-bond donors (Lipinski definition) is 2. The van der Waals surface area contributed by atoms with Gasteiger partial charge in [0, 0.05) is 14.9 Å². The van der Waals surface area contributed by atoms with Crippen molar-refractivity contribution >= 4 is 51.8 Å². The van der Waals surface area contributed by atoms with E-state index in [0.717, 1.165) is 14.9 Å². The van der Waals surface area contributed by atoms with Crippen LogP contribution in [0, 0.1) is 6.92 Å². The largest absolute Gasteiger partial charge is 0.321 e. The highest BCUT2D eigenvalue weighted by atomic mass is 79.9. The van der Waals surface area contributed by atoms with Crippen LogP contribution in [0.2, 0.25) is 5.02 Å². The monoisotopic (exact) mass is 355 g/mol. The normalized spacial score (nSPS) is 10.3. The molecular formula is C14H11BrClNOS. The lowest BCUT2D eigenvalue weighted by Gasteiger charge is -2.10. The van der Waals surface area contributed by atoms with Crippen LogP contribution in [0.5, 0.6) is 0 Å². The number of nitrogens with one attached hydrogen (secondary N) is 1. The zero-order chi connectivity index (χ0) is 14.0. The van der Waals surface area contributed by atoms with E-state index in [0.29, 0.717) is 16.3 Å². The first kappa shape index (κ1) is 14.4. The summed E-state index contributed by atoms with van der Waals surface area (Å²) in [6.07, 6.45) is 0. The van der Waals surface area contributed by atoms with Gasteiger partial charge in [-0.3, -0.25) is 4.79 Å². The van der Waals surface area contributed by atoms with Crippen LogP contribution in [-0.4, -0.2) is 5.91 Å². The molecule has 1 N–H and O–H groups in total. The van der Waals surface area contributed by atoms with Gasteiger partial charge in [-0.05, 0) is 42.8 Å². The second-order valence-corrected chi connectivity index (χ2v) is 5.92. The van der Waals surface area contributed by atoms with Gasteiger partial charge >= 0.3 is 0 Å². The second-order valence-electron chi connectivity index (χ2n) is 4.08. The Labute approximate surface area is 130 Å². The smallest absolute Gasteiger partial charge is 0.256 e. The van der Waals surface area contributed by atoms with Crippen LogP contribution < -0.4 is 5.32 Å². The summed E-state index contributed by atoms with van der Waals surface area (Å²) in [5.74, 6) is -0.197. The topological polar surface area (TPSA) is 29.1 Å². The molecule has 5 heteroatoms. The van der Waals surface area contributed by atoms with Gasteiger partial charge in [-0.1, -0.05) is 33.6 Å². The number of carbonyl (C=O) groups excluding carboxylic acids is 1. The number of hydrogen-bond acceptors (Lipinski definition) is 2. The maximum absolute atomic E-state index is 12.2. The number of anilines is 1. The predicted octanol–water partition coefficient (Wildman–Crippen LogP) is 4.95. The van der Waals surface area contributed by atoms with Gasteiger partial charge in [-0.25, -0.2) is 0 Å². The van der Waals surface area contributed by atoms with Gasteiger partial charge in [0.2, 0.25) is 0 Å². The van der Waals surface area contributed by atoms with Gasteiger partial charge in [-0.15, -0.1) is 12.6 Å². The lowest BCUT2D eigenvalue weighted by atomic mass is 10.1. The molecule has 0 unspecified atom stereocenters. The molecule has 2 rings (SSSR count). The fourth-order valence-corrected chi connectivity index (χ4v) is 2.56. The van der Waals surface area contributed by atoms with Gasteiger partial charge in [0.1, 0.15) is 0 Å². The summed E-state index contributed by atoms with van der Waals surface area (Å²) in [5.41, 5.74) is 2.06. The molecule has 1 amide bonds. The number of halogens is 2. The maximum Gasteiger partial charge on any atom is 0.256 e. The Bertz CT molecular complexity index is 645. The Hall–Kier alpha value is -0.970. The van der Waals surface area contributed by atoms with Crippen LogP contribution in [0.15, 0.2) is 45.8 Å². The number of amides is 1. The van der Waals surface area contributed by atoms with E-state index in [2.05, 4.69) is 33.9 Å².